The summed E-state index contributed by atoms with van der Waals surface area (Å²) >= 11 is 6.30. The van der Waals surface area contributed by atoms with Crippen LogP contribution in [0, 0.1) is 0 Å². The van der Waals surface area contributed by atoms with E-state index in [1.54, 1.807) is 24.3 Å². The number of ether oxygens (including phenoxy) is 1. The lowest BCUT2D eigenvalue weighted by Crippen LogP contribution is -2.38. The van der Waals surface area contributed by atoms with Crippen molar-refractivity contribution in [3.05, 3.63) is 64.2 Å². The fourth-order valence-corrected chi connectivity index (χ4v) is 4.11. The smallest absolute Gasteiger partial charge is 0.295 e. The minimum atomic E-state index is -0.861. The van der Waals surface area contributed by atoms with Gasteiger partial charge in [0.1, 0.15) is 17.3 Å². The van der Waals surface area contributed by atoms with Crippen molar-refractivity contribution >= 4 is 29.1 Å². The third kappa shape index (κ3) is 4.59. The number of aliphatic hydroxyl groups is 1. The van der Waals surface area contributed by atoms with Crippen LogP contribution in [0.1, 0.15) is 31.0 Å². The minimum absolute atomic E-state index is 0.00348. The van der Waals surface area contributed by atoms with Crippen molar-refractivity contribution in [1.82, 2.24) is 9.80 Å². The van der Waals surface area contributed by atoms with Gasteiger partial charge in [-0.1, -0.05) is 37.6 Å². The van der Waals surface area contributed by atoms with Crippen molar-refractivity contribution in [2.45, 2.75) is 19.9 Å². The first-order valence-electron chi connectivity index (χ1n) is 10.5. The number of aliphatic hydroxyl groups excluding tert-OH is 1. The predicted molar refractivity (Wildman–Crippen MR) is 123 cm³/mol. The van der Waals surface area contributed by atoms with E-state index in [2.05, 4.69) is 4.90 Å². The number of carbonyl (C=O) groups excluding carboxylic acids is 2. The van der Waals surface area contributed by atoms with Gasteiger partial charge in [0.2, 0.25) is 0 Å². The molecule has 0 aromatic heterocycles. The molecule has 0 radical (unpaired) electrons. The van der Waals surface area contributed by atoms with Crippen LogP contribution in [0.25, 0.3) is 5.76 Å². The zero-order chi connectivity index (χ0) is 23.4. The summed E-state index contributed by atoms with van der Waals surface area (Å²) < 4.78 is 5.22. The Labute approximate surface area is 192 Å². The fraction of sp³-hybridized carbons (Fsp3) is 0.333. The Morgan fingerprint density at radius 1 is 1.16 bits per heavy atom. The number of benzene rings is 2. The topological polar surface area (TPSA) is 90.3 Å². The number of phenols is 1. The molecule has 2 N–H and O–H groups in total. The van der Waals surface area contributed by atoms with Gasteiger partial charge < -0.3 is 24.7 Å². The molecule has 0 aliphatic carbocycles. The fourth-order valence-electron chi connectivity index (χ4n) is 3.90. The summed E-state index contributed by atoms with van der Waals surface area (Å²) in [4.78, 5) is 29.7. The van der Waals surface area contributed by atoms with Crippen LogP contribution in [0.15, 0.2) is 48.0 Å². The Bertz CT molecular complexity index is 1050. The number of carbonyl (C=O) groups is 2. The van der Waals surface area contributed by atoms with Gasteiger partial charge in [-0.05, 0) is 49.0 Å². The first kappa shape index (κ1) is 23.6. The number of nitrogens with zero attached hydrogens (tertiary/aromatic N) is 2. The van der Waals surface area contributed by atoms with Crippen LogP contribution in [-0.2, 0) is 9.59 Å². The maximum atomic E-state index is 13.1. The van der Waals surface area contributed by atoms with E-state index >= 15 is 0 Å². The molecule has 1 aliphatic rings. The van der Waals surface area contributed by atoms with Gasteiger partial charge >= 0.3 is 0 Å². The quantitative estimate of drug-likeness (QED) is 0.355. The molecule has 1 heterocycles. The molecule has 1 amide bonds. The van der Waals surface area contributed by atoms with Gasteiger partial charge in [-0.3, -0.25) is 9.59 Å². The summed E-state index contributed by atoms with van der Waals surface area (Å²) in [7, 11) is 1.48. The molecule has 1 atom stereocenters. The van der Waals surface area contributed by atoms with E-state index in [-0.39, 0.29) is 34.2 Å². The Kier molecular flexibility index (Phi) is 7.43. The zero-order valence-corrected chi connectivity index (χ0v) is 19.1. The number of hydrogen-bond acceptors (Lipinski definition) is 6. The molecule has 7 nitrogen and oxygen atoms in total. The SMILES string of the molecule is CCN(CC)CCN1C(=O)C(=O)/C(=C(/O)c2cc(OC)ccc2Cl)C1c1cccc(O)c1. The number of amides is 1. The molecule has 32 heavy (non-hydrogen) atoms. The first-order valence-corrected chi connectivity index (χ1v) is 10.8. The number of methoxy groups -OCH3 is 1. The Balaban J connectivity index is 2.15. The van der Waals surface area contributed by atoms with Gasteiger partial charge in [0.15, 0.2) is 0 Å². The number of likely N-dealkylation sites (N-methyl/N-ethyl adjacent to an activating group) is 1. The van der Waals surface area contributed by atoms with E-state index in [1.807, 2.05) is 13.8 Å². The molecule has 3 rings (SSSR count). The van der Waals surface area contributed by atoms with Gasteiger partial charge in [0.25, 0.3) is 11.7 Å². The average Bonchev–Trinajstić information content (AvgIpc) is 3.04. The van der Waals surface area contributed by atoms with Crippen molar-refractivity contribution < 1.29 is 24.5 Å². The minimum Gasteiger partial charge on any atom is -0.508 e. The lowest BCUT2D eigenvalue weighted by molar-refractivity contribution is -0.140. The number of Topliss-reactive ketones (excluding diaryl/α,β-unsaturated/α-hetero) is 1. The van der Waals surface area contributed by atoms with Crippen LogP contribution in [0.5, 0.6) is 11.5 Å². The second-order valence-corrected chi connectivity index (χ2v) is 7.87. The highest BCUT2D eigenvalue weighted by Crippen LogP contribution is 2.41. The van der Waals surface area contributed by atoms with Crippen LogP contribution in [0.2, 0.25) is 5.02 Å². The van der Waals surface area contributed by atoms with Gasteiger partial charge in [-0.25, -0.2) is 0 Å². The summed E-state index contributed by atoms with van der Waals surface area (Å²) in [6, 6.07) is 10.2. The molecule has 8 heteroatoms. The molecule has 1 aliphatic heterocycles. The van der Waals surface area contributed by atoms with E-state index in [4.69, 9.17) is 16.3 Å². The summed E-state index contributed by atoms with van der Waals surface area (Å²) in [5.74, 6) is -1.44. The second-order valence-electron chi connectivity index (χ2n) is 7.46. The maximum Gasteiger partial charge on any atom is 0.295 e. The van der Waals surface area contributed by atoms with Crippen molar-refractivity contribution in [3.63, 3.8) is 0 Å². The molecule has 2 aromatic carbocycles. The number of hydrogen-bond donors (Lipinski definition) is 2. The Morgan fingerprint density at radius 3 is 2.50 bits per heavy atom. The third-order valence-corrected chi connectivity index (χ3v) is 6.04. The molecular formula is C24H27ClN2O5. The summed E-state index contributed by atoms with van der Waals surface area (Å²) in [6.07, 6.45) is 0. The first-order chi connectivity index (χ1) is 15.3. The highest BCUT2D eigenvalue weighted by atomic mass is 35.5. The summed E-state index contributed by atoms with van der Waals surface area (Å²) in [6.45, 7) is 6.50. The predicted octanol–water partition coefficient (Wildman–Crippen LogP) is 3.82. The lowest BCUT2D eigenvalue weighted by Gasteiger charge is -2.28. The van der Waals surface area contributed by atoms with Crippen LogP contribution in [0.4, 0.5) is 0 Å². The van der Waals surface area contributed by atoms with E-state index in [0.29, 0.717) is 17.9 Å². The highest BCUT2D eigenvalue weighted by Gasteiger charge is 2.46. The number of aromatic hydroxyl groups is 1. The molecule has 2 aromatic rings. The monoisotopic (exact) mass is 458 g/mol. The lowest BCUT2D eigenvalue weighted by atomic mass is 9.95. The number of halogens is 1. The van der Waals surface area contributed by atoms with Crippen LogP contribution in [0.3, 0.4) is 0 Å². The standard InChI is InChI=1S/C24H27ClN2O5/c1-4-26(5-2)11-12-27-21(15-7-6-8-16(28)13-15)20(23(30)24(27)31)22(29)18-14-17(32-3)9-10-19(18)25/h6-10,13-14,21,28-29H,4-5,11-12H2,1-3H3/b22-20+. The Hall–Kier alpha value is -3.03. The van der Waals surface area contributed by atoms with Crippen molar-refractivity contribution in [1.29, 1.82) is 0 Å². The molecular weight excluding hydrogens is 432 g/mol. The average molecular weight is 459 g/mol. The largest absolute Gasteiger partial charge is 0.508 e. The Morgan fingerprint density at radius 2 is 1.88 bits per heavy atom. The normalized spacial score (nSPS) is 17.9. The van der Waals surface area contributed by atoms with E-state index < -0.39 is 17.7 Å². The molecule has 1 fully saturated rings. The number of phenolic OH excluding ortho intramolecular Hbond substituents is 1. The maximum absolute atomic E-state index is 13.1. The van der Waals surface area contributed by atoms with E-state index in [9.17, 15) is 19.8 Å². The molecule has 1 unspecified atom stereocenters. The second kappa shape index (κ2) is 10.1. The molecule has 0 spiro atoms. The highest BCUT2D eigenvalue weighted by molar-refractivity contribution is 6.47. The van der Waals surface area contributed by atoms with Crippen molar-refractivity contribution in [3.8, 4) is 11.5 Å². The van der Waals surface area contributed by atoms with Gasteiger partial charge in [0.05, 0.1) is 23.7 Å². The van der Waals surface area contributed by atoms with Crippen molar-refractivity contribution in [2.75, 3.05) is 33.3 Å². The van der Waals surface area contributed by atoms with Gasteiger partial charge in [-0.2, -0.15) is 0 Å². The number of ketones is 1. The number of rotatable bonds is 8. The molecule has 0 saturated carbocycles. The molecule has 0 bridgehead atoms. The van der Waals surface area contributed by atoms with Crippen LogP contribution in [-0.4, -0.2) is 65.0 Å². The van der Waals surface area contributed by atoms with E-state index in [0.717, 1.165) is 13.1 Å². The molecule has 170 valence electrons. The van der Waals surface area contributed by atoms with Crippen LogP contribution >= 0.6 is 11.6 Å². The van der Waals surface area contributed by atoms with Crippen LogP contribution < -0.4 is 4.74 Å². The number of likely N-dealkylation sites (tertiary alicyclic amines) is 1. The van der Waals surface area contributed by atoms with Crippen molar-refractivity contribution in [2.24, 2.45) is 0 Å². The molecule has 1 saturated heterocycles. The van der Waals surface area contributed by atoms with E-state index in [1.165, 1.54) is 30.2 Å². The van der Waals surface area contributed by atoms with Gasteiger partial charge in [0, 0.05) is 18.7 Å². The summed E-state index contributed by atoms with van der Waals surface area (Å²) in [5.41, 5.74) is 0.637. The summed E-state index contributed by atoms with van der Waals surface area (Å²) in [5, 5.41) is 21.4. The third-order valence-electron chi connectivity index (χ3n) is 5.71. The van der Waals surface area contributed by atoms with Gasteiger partial charge in [-0.15, -0.1) is 0 Å². The zero-order valence-electron chi connectivity index (χ0n) is 18.3.